The van der Waals surface area contributed by atoms with Crippen LogP contribution < -0.4 is 0 Å². The summed E-state index contributed by atoms with van der Waals surface area (Å²) in [6, 6.07) is 10.6. The SMILES string of the molecule is O=C1c2ccccc2C(=O)C1C=NCc1cccnc1. The van der Waals surface area contributed by atoms with Gasteiger partial charge in [-0.2, -0.15) is 0 Å². The van der Waals surface area contributed by atoms with Gasteiger partial charge in [0.05, 0.1) is 6.54 Å². The molecule has 0 amide bonds. The molecule has 0 N–H and O–H groups in total. The number of aromatic nitrogens is 1. The largest absolute Gasteiger partial charge is 0.293 e. The van der Waals surface area contributed by atoms with E-state index in [0.29, 0.717) is 17.7 Å². The van der Waals surface area contributed by atoms with Crippen LogP contribution in [0.4, 0.5) is 0 Å². The van der Waals surface area contributed by atoms with Crippen molar-refractivity contribution in [2.24, 2.45) is 10.9 Å². The number of ketones is 2. The summed E-state index contributed by atoms with van der Waals surface area (Å²) in [4.78, 5) is 32.4. The summed E-state index contributed by atoms with van der Waals surface area (Å²) in [5, 5.41) is 0. The number of nitrogens with zero attached hydrogens (tertiary/aromatic N) is 2. The minimum Gasteiger partial charge on any atom is -0.293 e. The summed E-state index contributed by atoms with van der Waals surface area (Å²) in [6.45, 7) is 0.418. The van der Waals surface area contributed by atoms with E-state index in [1.54, 1.807) is 36.7 Å². The minimum absolute atomic E-state index is 0.166. The van der Waals surface area contributed by atoms with Crippen molar-refractivity contribution in [1.82, 2.24) is 4.98 Å². The molecule has 2 aromatic rings. The van der Waals surface area contributed by atoms with Crippen LogP contribution in [0.25, 0.3) is 0 Å². The molecule has 1 aliphatic carbocycles. The predicted octanol–water partition coefficient (Wildman–Crippen LogP) is 2.35. The van der Waals surface area contributed by atoms with Gasteiger partial charge in [0.25, 0.3) is 0 Å². The highest BCUT2D eigenvalue weighted by atomic mass is 16.2. The van der Waals surface area contributed by atoms with E-state index in [2.05, 4.69) is 9.98 Å². The van der Waals surface area contributed by atoms with Gasteiger partial charge in [-0.25, -0.2) is 0 Å². The third kappa shape index (κ3) is 2.16. The molecule has 1 aliphatic rings. The summed E-state index contributed by atoms with van der Waals surface area (Å²) < 4.78 is 0. The first-order chi connectivity index (χ1) is 9.77. The van der Waals surface area contributed by atoms with Crippen LogP contribution in [0.2, 0.25) is 0 Å². The number of rotatable bonds is 3. The predicted molar refractivity (Wildman–Crippen MR) is 75.0 cm³/mol. The number of pyridine rings is 1. The number of aliphatic imine (C=N–C) groups is 1. The molecule has 20 heavy (non-hydrogen) atoms. The van der Waals surface area contributed by atoms with Crippen LogP contribution in [-0.4, -0.2) is 22.8 Å². The molecule has 0 saturated heterocycles. The monoisotopic (exact) mass is 264 g/mol. The van der Waals surface area contributed by atoms with Crippen molar-refractivity contribution in [2.45, 2.75) is 6.54 Å². The van der Waals surface area contributed by atoms with Gasteiger partial charge >= 0.3 is 0 Å². The molecular weight excluding hydrogens is 252 g/mol. The Kier molecular flexibility index (Phi) is 3.21. The van der Waals surface area contributed by atoms with E-state index in [0.717, 1.165) is 5.56 Å². The van der Waals surface area contributed by atoms with Crippen molar-refractivity contribution in [3.63, 3.8) is 0 Å². The average Bonchev–Trinajstić information content (AvgIpc) is 2.74. The molecular formula is C16H12N2O2. The quantitative estimate of drug-likeness (QED) is 0.631. The summed E-state index contributed by atoms with van der Waals surface area (Å²) in [6.07, 6.45) is 4.86. The van der Waals surface area contributed by atoms with Crippen LogP contribution in [0.3, 0.4) is 0 Å². The highest BCUT2D eigenvalue weighted by Crippen LogP contribution is 2.25. The smallest absolute Gasteiger partial charge is 0.179 e. The maximum absolute atomic E-state index is 12.1. The maximum Gasteiger partial charge on any atom is 0.179 e. The van der Waals surface area contributed by atoms with Crippen LogP contribution in [0.1, 0.15) is 26.3 Å². The first-order valence-electron chi connectivity index (χ1n) is 6.33. The van der Waals surface area contributed by atoms with Gasteiger partial charge in [0.2, 0.25) is 0 Å². The standard InChI is InChI=1S/C16H12N2O2/c19-15-12-5-1-2-6-13(12)16(20)14(15)10-18-9-11-4-3-7-17-8-11/h1-8,10,14H,9H2. The number of hydrogen-bond donors (Lipinski definition) is 0. The zero-order valence-corrected chi connectivity index (χ0v) is 10.7. The topological polar surface area (TPSA) is 59.4 Å². The Balaban J connectivity index is 1.77. The number of fused-ring (bicyclic) bond motifs is 1. The van der Waals surface area contributed by atoms with Gasteiger partial charge in [-0.15, -0.1) is 0 Å². The molecule has 1 heterocycles. The minimum atomic E-state index is -0.774. The molecule has 98 valence electrons. The fourth-order valence-corrected chi connectivity index (χ4v) is 2.26. The third-order valence-electron chi connectivity index (χ3n) is 3.27. The third-order valence-corrected chi connectivity index (χ3v) is 3.27. The zero-order valence-electron chi connectivity index (χ0n) is 10.7. The second-order valence-electron chi connectivity index (χ2n) is 4.60. The molecule has 1 aromatic carbocycles. The van der Waals surface area contributed by atoms with Gasteiger partial charge < -0.3 is 0 Å². The number of Topliss-reactive ketones (excluding diaryl/α,β-unsaturated/α-hetero) is 2. The van der Waals surface area contributed by atoms with E-state index in [-0.39, 0.29) is 11.6 Å². The van der Waals surface area contributed by atoms with Crippen molar-refractivity contribution in [1.29, 1.82) is 0 Å². The van der Waals surface area contributed by atoms with Crippen LogP contribution >= 0.6 is 0 Å². The second kappa shape index (κ2) is 5.17. The van der Waals surface area contributed by atoms with Crippen LogP contribution in [0, 0.1) is 5.92 Å². The highest BCUT2D eigenvalue weighted by Gasteiger charge is 2.36. The normalized spacial score (nSPS) is 15.0. The molecule has 1 aromatic heterocycles. The molecule has 0 atom stereocenters. The van der Waals surface area contributed by atoms with Gasteiger partial charge in [0, 0.05) is 29.7 Å². The summed E-state index contributed by atoms with van der Waals surface area (Å²) in [7, 11) is 0. The lowest BCUT2D eigenvalue weighted by atomic mass is 10.1. The number of carbonyl (C=O) groups excluding carboxylic acids is 2. The van der Waals surface area contributed by atoms with E-state index < -0.39 is 5.92 Å². The highest BCUT2D eigenvalue weighted by molar-refractivity contribution is 6.33. The summed E-state index contributed by atoms with van der Waals surface area (Å²) in [5.74, 6) is -1.11. The molecule has 4 nitrogen and oxygen atoms in total. The van der Waals surface area contributed by atoms with Crippen molar-refractivity contribution in [3.8, 4) is 0 Å². The Hall–Kier alpha value is -2.62. The van der Waals surface area contributed by atoms with Crippen LogP contribution in [0.15, 0.2) is 53.8 Å². The summed E-state index contributed by atoms with van der Waals surface area (Å²) in [5.41, 5.74) is 1.94. The van der Waals surface area contributed by atoms with Gasteiger partial charge in [0.1, 0.15) is 5.92 Å². The van der Waals surface area contributed by atoms with Crippen molar-refractivity contribution >= 4 is 17.8 Å². The average molecular weight is 264 g/mol. The van der Waals surface area contributed by atoms with Gasteiger partial charge in [-0.3, -0.25) is 19.6 Å². The molecule has 0 unspecified atom stereocenters. The molecule has 0 spiro atoms. The molecule has 3 rings (SSSR count). The number of benzene rings is 1. The second-order valence-corrected chi connectivity index (χ2v) is 4.60. The Bertz CT molecular complexity index is 658. The van der Waals surface area contributed by atoms with Gasteiger partial charge in [-0.1, -0.05) is 30.3 Å². The Morgan fingerprint density at radius 1 is 1.05 bits per heavy atom. The lowest BCUT2D eigenvalue weighted by molar-refractivity contribution is 0.0886. The molecule has 0 aliphatic heterocycles. The van der Waals surface area contributed by atoms with Crippen LogP contribution in [-0.2, 0) is 6.54 Å². The molecule has 0 saturated carbocycles. The Morgan fingerprint density at radius 3 is 2.35 bits per heavy atom. The number of hydrogen-bond acceptors (Lipinski definition) is 4. The summed E-state index contributed by atoms with van der Waals surface area (Å²) >= 11 is 0. The Morgan fingerprint density at radius 2 is 1.75 bits per heavy atom. The van der Waals surface area contributed by atoms with Gasteiger partial charge in [-0.05, 0) is 11.6 Å². The lowest BCUT2D eigenvalue weighted by Crippen LogP contribution is -2.16. The van der Waals surface area contributed by atoms with Crippen molar-refractivity contribution in [3.05, 3.63) is 65.5 Å². The molecule has 4 heteroatoms. The Labute approximate surface area is 116 Å². The maximum atomic E-state index is 12.1. The molecule has 0 radical (unpaired) electrons. The van der Waals surface area contributed by atoms with E-state index in [4.69, 9.17) is 0 Å². The van der Waals surface area contributed by atoms with E-state index >= 15 is 0 Å². The fourth-order valence-electron chi connectivity index (χ4n) is 2.26. The van der Waals surface area contributed by atoms with Crippen molar-refractivity contribution in [2.75, 3.05) is 0 Å². The zero-order chi connectivity index (χ0) is 13.9. The van der Waals surface area contributed by atoms with Crippen molar-refractivity contribution < 1.29 is 9.59 Å². The lowest BCUT2D eigenvalue weighted by Gasteiger charge is -1.99. The van der Waals surface area contributed by atoms with Crippen LogP contribution in [0.5, 0.6) is 0 Å². The number of carbonyl (C=O) groups is 2. The fraction of sp³-hybridized carbons (Fsp3) is 0.125. The first kappa shape index (κ1) is 12.4. The van der Waals surface area contributed by atoms with E-state index in [1.165, 1.54) is 6.21 Å². The van der Waals surface area contributed by atoms with Gasteiger partial charge in [0.15, 0.2) is 11.6 Å². The first-order valence-corrected chi connectivity index (χ1v) is 6.33. The van der Waals surface area contributed by atoms with E-state index in [1.807, 2.05) is 12.1 Å². The molecule has 0 bridgehead atoms. The van der Waals surface area contributed by atoms with E-state index in [9.17, 15) is 9.59 Å². The molecule has 0 fully saturated rings.